The average molecular weight is 333 g/mol. The predicted octanol–water partition coefficient (Wildman–Crippen LogP) is 1.76. The fourth-order valence-corrected chi connectivity index (χ4v) is 3.76. The van der Waals surface area contributed by atoms with Gasteiger partial charge in [0.15, 0.2) is 6.67 Å². The Morgan fingerprint density at radius 3 is 2.52 bits per heavy atom. The number of thioether (sulfide) groups is 1. The van der Waals surface area contributed by atoms with Crippen LogP contribution in [0.2, 0.25) is 0 Å². The highest BCUT2D eigenvalue weighted by Crippen LogP contribution is 2.31. The summed E-state index contributed by atoms with van der Waals surface area (Å²) in [5.74, 6) is 0.595. The van der Waals surface area contributed by atoms with Crippen LogP contribution < -0.4 is 9.64 Å². The Kier molecular flexibility index (Phi) is 5.03. The van der Waals surface area contributed by atoms with E-state index in [9.17, 15) is 9.59 Å². The van der Waals surface area contributed by atoms with Gasteiger partial charge in [-0.1, -0.05) is 12.1 Å². The van der Waals surface area contributed by atoms with E-state index >= 15 is 0 Å². The molecule has 5 nitrogen and oxygen atoms in total. The standard InChI is InChI=1S/C17H20N2O3S/c1-22-14-7-5-13(6-8-14)11-15-16(20)19(17(21)23-15)12-18-9-3-2-4-10-18/h5-8,11H,2-4,9-10,12H2,1H3/p+1/b15-11+. The Bertz CT molecular complexity index is 621. The quantitative estimate of drug-likeness (QED) is 0.853. The Balaban J connectivity index is 1.70. The van der Waals surface area contributed by atoms with Crippen LogP contribution in [0.1, 0.15) is 24.8 Å². The number of nitrogens with one attached hydrogen (secondary N) is 1. The highest BCUT2D eigenvalue weighted by Gasteiger charge is 2.37. The van der Waals surface area contributed by atoms with E-state index in [2.05, 4.69) is 0 Å². The molecule has 2 heterocycles. The number of rotatable bonds is 4. The lowest BCUT2D eigenvalue weighted by molar-refractivity contribution is -0.912. The molecule has 0 bridgehead atoms. The molecular formula is C17H21N2O3S+. The predicted molar refractivity (Wildman–Crippen MR) is 90.2 cm³/mol. The Morgan fingerprint density at radius 2 is 1.87 bits per heavy atom. The third-order valence-corrected chi connectivity index (χ3v) is 5.14. The van der Waals surface area contributed by atoms with Gasteiger partial charge in [-0.05, 0) is 54.8 Å². The molecule has 3 rings (SSSR count). The van der Waals surface area contributed by atoms with E-state index in [1.165, 1.54) is 29.1 Å². The van der Waals surface area contributed by atoms with Gasteiger partial charge in [0.25, 0.3) is 11.1 Å². The van der Waals surface area contributed by atoms with Gasteiger partial charge in [0.05, 0.1) is 25.1 Å². The van der Waals surface area contributed by atoms with E-state index < -0.39 is 0 Å². The number of hydrogen-bond donors (Lipinski definition) is 1. The minimum Gasteiger partial charge on any atom is -0.497 e. The van der Waals surface area contributed by atoms with E-state index in [0.717, 1.165) is 36.2 Å². The molecule has 0 aromatic heterocycles. The second-order valence-corrected chi connectivity index (χ2v) is 6.84. The second kappa shape index (κ2) is 7.19. The zero-order chi connectivity index (χ0) is 16.2. The van der Waals surface area contributed by atoms with Gasteiger partial charge in [-0.25, -0.2) is 4.90 Å². The second-order valence-electron chi connectivity index (χ2n) is 5.85. The van der Waals surface area contributed by atoms with Gasteiger partial charge in [-0.2, -0.15) is 0 Å². The molecule has 1 N–H and O–H groups in total. The van der Waals surface area contributed by atoms with Crippen LogP contribution in [0.3, 0.4) is 0 Å². The molecule has 0 saturated carbocycles. The number of piperidine rings is 1. The third kappa shape index (κ3) is 3.76. The molecule has 2 fully saturated rings. The number of benzene rings is 1. The van der Waals surface area contributed by atoms with Gasteiger partial charge in [0, 0.05) is 0 Å². The van der Waals surface area contributed by atoms with Gasteiger partial charge in [-0.3, -0.25) is 9.59 Å². The molecule has 0 radical (unpaired) electrons. The lowest BCUT2D eigenvalue weighted by Crippen LogP contribution is -3.14. The molecule has 0 aliphatic carbocycles. The van der Waals surface area contributed by atoms with Gasteiger partial charge in [0.2, 0.25) is 0 Å². The number of nitrogens with zero attached hydrogens (tertiary/aromatic N) is 1. The van der Waals surface area contributed by atoms with E-state index in [-0.39, 0.29) is 11.1 Å². The molecule has 122 valence electrons. The molecular weight excluding hydrogens is 312 g/mol. The van der Waals surface area contributed by atoms with Crippen LogP contribution in [-0.4, -0.2) is 42.9 Å². The number of carbonyl (C=O) groups excluding carboxylic acids is 2. The zero-order valence-electron chi connectivity index (χ0n) is 13.2. The fraction of sp³-hybridized carbons (Fsp3) is 0.412. The lowest BCUT2D eigenvalue weighted by Gasteiger charge is -2.26. The maximum atomic E-state index is 12.5. The first-order valence-electron chi connectivity index (χ1n) is 7.90. The van der Waals surface area contributed by atoms with Crippen molar-refractivity contribution in [2.45, 2.75) is 19.3 Å². The summed E-state index contributed by atoms with van der Waals surface area (Å²) in [6.07, 6.45) is 5.37. The van der Waals surface area contributed by atoms with Gasteiger partial charge in [0.1, 0.15) is 5.75 Å². The number of likely N-dealkylation sites (tertiary alicyclic amines) is 1. The normalized spacial score (nSPS) is 21.3. The summed E-state index contributed by atoms with van der Waals surface area (Å²) in [7, 11) is 1.61. The number of ether oxygens (including phenoxy) is 1. The largest absolute Gasteiger partial charge is 0.497 e. The van der Waals surface area contributed by atoms with Gasteiger partial charge in [-0.15, -0.1) is 0 Å². The van der Waals surface area contributed by atoms with Crippen molar-refractivity contribution < 1.29 is 19.2 Å². The SMILES string of the molecule is COc1ccc(/C=C2/SC(=O)N(C[NH+]3CCCCC3)C2=O)cc1. The summed E-state index contributed by atoms with van der Waals surface area (Å²) >= 11 is 1.03. The molecule has 2 aliphatic rings. The number of methoxy groups -OCH3 is 1. The molecule has 2 saturated heterocycles. The van der Waals surface area contributed by atoms with Crippen molar-refractivity contribution in [2.24, 2.45) is 0 Å². The first kappa shape index (κ1) is 16.1. The molecule has 2 amide bonds. The van der Waals surface area contributed by atoms with E-state index in [1.807, 2.05) is 24.3 Å². The van der Waals surface area contributed by atoms with Crippen molar-refractivity contribution in [1.82, 2.24) is 4.90 Å². The lowest BCUT2D eigenvalue weighted by atomic mass is 10.1. The molecule has 0 unspecified atom stereocenters. The Hall–Kier alpha value is -1.79. The fourth-order valence-electron chi connectivity index (χ4n) is 2.92. The minimum atomic E-state index is -0.172. The van der Waals surface area contributed by atoms with Crippen LogP contribution in [0.4, 0.5) is 4.79 Å². The average Bonchev–Trinajstić information content (AvgIpc) is 2.84. The maximum absolute atomic E-state index is 12.5. The smallest absolute Gasteiger partial charge is 0.298 e. The first-order chi connectivity index (χ1) is 11.2. The number of hydrogen-bond acceptors (Lipinski definition) is 4. The third-order valence-electron chi connectivity index (χ3n) is 4.23. The van der Waals surface area contributed by atoms with Crippen molar-refractivity contribution in [3.05, 3.63) is 34.7 Å². The number of imide groups is 1. The van der Waals surface area contributed by atoms with Crippen molar-refractivity contribution in [1.29, 1.82) is 0 Å². The molecule has 2 aliphatic heterocycles. The van der Waals surface area contributed by atoms with E-state index in [1.54, 1.807) is 13.2 Å². The highest BCUT2D eigenvalue weighted by atomic mass is 32.2. The van der Waals surface area contributed by atoms with Crippen LogP contribution in [0.15, 0.2) is 29.2 Å². The molecule has 0 spiro atoms. The topological polar surface area (TPSA) is 51.0 Å². The number of quaternary nitrogens is 1. The first-order valence-corrected chi connectivity index (χ1v) is 8.72. The summed E-state index contributed by atoms with van der Waals surface area (Å²) < 4.78 is 5.12. The number of amides is 2. The maximum Gasteiger partial charge on any atom is 0.298 e. The molecule has 1 aromatic carbocycles. The summed E-state index contributed by atoms with van der Waals surface area (Å²) in [5.41, 5.74) is 0.890. The van der Waals surface area contributed by atoms with Crippen molar-refractivity contribution in [3.8, 4) is 5.75 Å². The zero-order valence-corrected chi connectivity index (χ0v) is 14.0. The van der Waals surface area contributed by atoms with Crippen LogP contribution in [0.5, 0.6) is 5.75 Å². The summed E-state index contributed by atoms with van der Waals surface area (Å²) in [6.45, 7) is 2.57. The van der Waals surface area contributed by atoms with Crippen LogP contribution >= 0.6 is 11.8 Å². The van der Waals surface area contributed by atoms with E-state index in [4.69, 9.17) is 4.74 Å². The van der Waals surface area contributed by atoms with Crippen LogP contribution in [0, 0.1) is 0 Å². The Labute approximate surface area is 140 Å². The van der Waals surface area contributed by atoms with E-state index in [0.29, 0.717) is 11.6 Å². The monoisotopic (exact) mass is 333 g/mol. The van der Waals surface area contributed by atoms with Crippen LogP contribution in [0.25, 0.3) is 6.08 Å². The van der Waals surface area contributed by atoms with Crippen molar-refractivity contribution in [2.75, 3.05) is 26.9 Å². The Morgan fingerprint density at radius 1 is 1.17 bits per heavy atom. The summed E-state index contributed by atoms with van der Waals surface area (Å²) in [6, 6.07) is 7.44. The summed E-state index contributed by atoms with van der Waals surface area (Å²) in [5, 5.41) is -0.159. The molecule has 1 aromatic rings. The van der Waals surface area contributed by atoms with Crippen LogP contribution in [-0.2, 0) is 4.79 Å². The minimum absolute atomic E-state index is 0.159. The van der Waals surface area contributed by atoms with Crippen molar-refractivity contribution >= 4 is 29.0 Å². The van der Waals surface area contributed by atoms with Crippen molar-refractivity contribution in [3.63, 3.8) is 0 Å². The molecule has 23 heavy (non-hydrogen) atoms. The molecule has 0 atom stereocenters. The highest BCUT2D eigenvalue weighted by molar-refractivity contribution is 8.18. The van der Waals surface area contributed by atoms with Gasteiger partial charge < -0.3 is 9.64 Å². The van der Waals surface area contributed by atoms with Gasteiger partial charge >= 0.3 is 0 Å². The number of carbonyl (C=O) groups is 2. The summed E-state index contributed by atoms with van der Waals surface area (Å²) in [4.78, 5) is 27.9. The molecule has 6 heteroatoms.